The summed E-state index contributed by atoms with van der Waals surface area (Å²) in [5.74, 6) is 2.73. The molecule has 0 aliphatic heterocycles. The van der Waals surface area contributed by atoms with E-state index in [2.05, 4.69) is 11.7 Å². The molecular weight excluding hydrogens is 499 g/mol. The van der Waals surface area contributed by atoms with Crippen molar-refractivity contribution >= 4 is 0 Å². The van der Waals surface area contributed by atoms with Gasteiger partial charge in [0.2, 0.25) is 0 Å². The maximum absolute atomic E-state index is 14.6. The number of aryl methyl sites for hydroxylation is 1. The van der Waals surface area contributed by atoms with E-state index in [1.807, 2.05) is 0 Å². The first-order valence-electron chi connectivity index (χ1n) is 14.1. The van der Waals surface area contributed by atoms with Crippen molar-refractivity contribution in [2.45, 2.75) is 96.4 Å². The fourth-order valence-corrected chi connectivity index (χ4v) is 6.46. The predicted octanol–water partition coefficient (Wildman–Crippen LogP) is 10.1. The molecule has 0 heterocycles. The van der Waals surface area contributed by atoms with Crippen molar-refractivity contribution in [1.29, 1.82) is 0 Å². The van der Waals surface area contributed by atoms with Gasteiger partial charge in [0, 0.05) is 0 Å². The molecule has 0 saturated heterocycles. The van der Waals surface area contributed by atoms with Crippen LogP contribution in [0.3, 0.4) is 0 Å². The van der Waals surface area contributed by atoms with Gasteiger partial charge in [-0.25, -0.2) is 0 Å². The van der Waals surface area contributed by atoms with Crippen LogP contribution >= 0.6 is 0 Å². The van der Waals surface area contributed by atoms with Crippen LogP contribution in [0, 0.1) is 23.7 Å². The fraction of sp³-hybridized carbons (Fsp3) is 0.613. The zero-order valence-corrected chi connectivity index (χ0v) is 22.1. The van der Waals surface area contributed by atoms with Gasteiger partial charge in [0.25, 0.3) is 0 Å². The maximum atomic E-state index is 14.6. The molecule has 2 nitrogen and oxygen atoms in total. The Morgan fingerprint density at radius 1 is 0.632 bits per heavy atom. The number of halogens is 5. The molecule has 2 aliphatic carbocycles. The summed E-state index contributed by atoms with van der Waals surface area (Å²) in [6, 6.07) is 10.1. The minimum atomic E-state index is -4.85. The smallest absolute Gasteiger partial charge is 0.429 e. The van der Waals surface area contributed by atoms with Crippen LogP contribution in [-0.2, 0) is 12.5 Å². The van der Waals surface area contributed by atoms with Crippen molar-refractivity contribution in [3.05, 3.63) is 59.7 Å². The third-order valence-electron chi connectivity index (χ3n) is 8.58. The third kappa shape index (κ3) is 8.34. The van der Waals surface area contributed by atoms with Crippen LogP contribution in [0.15, 0.2) is 48.5 Å². The lowest BCUT2D eigenvalue weighted by Gasteiger charge is -2.38. The van der Waals surface area contributed by atoms with Gasteiger partial charge in [-0.15, -0.1) is 13.2 Å². The zero-order valence-electron chi connectivity index (χ0n) is 22.1. The molecular formula is C31H39F5O2. The van der Waals surface area contributed by atoms with Crippen LogP contribution in [0.2, 0.25) is 0 Å². The van der Waals surface area contributed by atoms with E-state index >= 15 is 0 Å². The van der Waals surface area contributed by atoms with E-state index in [9.17, 15) is 22.0 Å². The number of ether oxygens (including phenoxy) is 2. The van der Waals surface area contributed by atoms with E-state index < -0.39 is 18.2 Å². The van der Waals surface area contributed by atoms with Crippen LogP contribution in [0.1, 0.15) is 88.7 Å². The first-order chi connectivity index (χ1) is 18.1. The second kappa shape index (κ2) is 12.7. The highest BCUT2D eigenvalue weighted by atomic mass is 19.4. The van der Waals surface area contributed by atoms with E-state index in [1.165, 1.54) is 76.3 Å². The average molecular weight is 539 g/mol. The van der Waals surface area contributed by atoms with E-state index in [0.29, 0.717) is 5.92 Å². The van der Waals surface area contributed by atoms with Gasteiger partial charge in [-0.05, 0) is 104 Å². The molecule has 0 radical (unpaired) electrons. The summed E-state index contributed by atoms with van der Waals surface area (Å²) in [5, 5.41) is 0. The first-order valence-corrected chi connectivity index (χ1v) is 14.1. The van der Waals surface area contributed by atoms with Crippen LogP contribution in [0.25, 0.3) is 0 Å². The molecule has 7 heteroatoms. The quantitative estimate of drug-likeness (QED) is 0.280. The highest BCUT2D eigenvalue weighted by Crippen LogP contribution is 2.43. The Hall–Kier alpha value is -2.31. The maximum Gasteiger partial charge on any atom is 0.573 e. The molecule has 0 amide bonds. The van der Waals surface area contributed by atoms with Gasteiger partial charge in [0.15, 0.2) is 0 Å². The van der Waals surface area contributed by atoms with E-state index in [1.54, 1.807) is 12.1 Å². The molecule has 2 aromatic rings. The van der Waals surface area contributed by atoms with Gasteiger partial charge in [-0.2, -0.15) is 8.78 Å². The summed E-state index contributed by atoms with van der Waals surface area (Å²) in [6.07, 6.45) is 7.06. The number of rotatable bonds is 10. The zero-order chi connectivity index (χ0) is 27.2. The summed E-state index contributed by atoms with van der Waals surface area (Å²) in [6.45, 7) is 2.29. The van der Waals surface area contributed by atoms with Crippen LogP contribution in [0.4, 0.5) is 22.0 Å². The Morgan fingerprint density at radius 2 is 1.11 bits per heavy atom. The molecule has 0 unspecified atom stereocenters. The number of hydrogen-bond donors (Lipinski definition) is 0. The molecule has 0 aromatic heterocycles. The number of alkyl halides is 5. The SMILES string of the molecule is CCC[C@H]1CC[C@H](C2CCC(CCc3ccc(C(F)(F)Oc4ccc(OC(F)(F)F)cc4)cc3)CC2)CC1. The summed E-state index contributed by atoms with van der Waals surface area (Å²) in [4.78, 5) is 0. The molecule has 2 aliphatic rings. The Labute approximate surface area is 222 Å². The molecule has 38 heavy (non-hydrogen) atoms. The first kappa shape index (κ1) is 28.7. The topological polar surface area (TPSA) is 18.5 Å². The Bertz CT molecular complexity index is 971. The van der Waals surface area contributed by atoms with Gasteiger partial charge in [0.1, 0.15) is 11.5 Å². The lowest BCUT2D eigenvalue weighted by Crippen LogP contribution is -2.26. The minimum Gasteiger partial charge on any atom is -0.429 e. The third-order valence-corrected chi connectivity index (χ3v) is 8.58. The molecule has 0 atom stereocenters. The van der Waals surface area contributed by atoms with Crippen molar-refractivity contribution in [3.8, 4) is 11.5 Å². The van der Waals surface area contributed by atoms with E-state index in [0.717, 1.165) is 60.4 Å². The molecule has 0 spiro atoms. The molecule has 2 saturated carbocycles. The molecule has 210 valence electrons. The van der Waals surface area contributed by atoms with Gasteiger partial charge >= 0.3 is 12.5 Å². The summed E-state index contributed by atoms with van der Waals surface area (Å²) in [5.41, 5.74) is 0.723. The molecule has 0 N–H and O–H groups in total. The average Bonchev–Trinajstić information content (AvgIpc) is 2.89. The second-order valence-corrected chi connectivity index (χ2v) is 11.2. The summed E-state index contributed by atoms with van der Waals surface area (Å²) < 4.78 is 74.6. The normalized spacial score (nSPS) is 24.7. The second-order valence-electron chi connectivity index (χ2n) is 11.2. The molecule has 2 aromatic carbocycles. The van der Waals surface area contributed by atoms with Crippen molar-refractivity contribution in [1.82, 2.24) is 0 Å². The summed E-state index contributed by atoms with van der Waals surface area (Å²) >= 11 is 0. The van der Waals surface area contributed by atoms with Crippen LogP contribution < -0.4 is 9.47 Å². The largest absolute Gasteiger partial charge is 0.573 e. The minimum absolute atomic E-state index is 0.252. The standard InChI is InChI=1S/C31H39F5O2/c1-2-3-22-6-12-25(13-7-22)26-14-8-23(9-15-26)4-5-24-10-16-27(17-11-24)30(32,33)37-28-18-20-29(21-19-28)38-31(34,35)36/h10-11,16-23,25-26H,2-9,12-15H2,1H3/t22-,23?,25-,26?. The number of benzene rings is 2. The lowest BCUT2D eigenvalue weighted by molar-refractivity contribution is -0.274. The molecule has 0 bridgehead atoms. The van der Waals surface area contributed by atoms with Crippen LogP contribution in [-0.4, -0.2) is 6.36 Å². The molecule has 2 fully saturated rings. The number of hydrogen-bond acceptors (Lipinski definition) is 2. The Morgan fingerprint density at radius 3 is 1.58 bits per heavy atom. The van der Waals surface area contributed by atoms with Gasteiger partial charge in [-0.1, -0.05) is 57.6 Å². The van der Waals surface area contributed by atoms with Gasteiger partial charge in [0.05, 0.1) is 5.56 Å². The lowest BCUT2D eigenvalue weighted by atomic mass is 9.68. The monoisotopic (exact) mass is 538 g/mol. The molecule has 4 rings (SSSR count). The fourth-order valence-electron chi connectivity index (χ4n) is 6.46. The highest BCUT2D eigenvalue weighted by Gasteiger charge is 2.35. The van der Waals surface area contributed by atoms with Gasteiger partial charge in [-0.3, -0.25) is 0 Å². The van der Waals surface area contributed by atoms with Crippen LogP contribution in [0.5, 0.6) is 11.5 Å². The Kier molecular flexibility index (Phi) is 9.59. The predicted molar refractivity (Wildman–Crippen MR) is 138 cm³/mol. The Balaban J connectivity index is 1.20. The van der Waals surface area contributed by atoms with Crippen molar-refractivity contribution in [2.75, 3.05) is 0 Å². The van der Waals surface area contributed by atoms with Crippen molar-refractivity contribution < 1.29 is 31.4 Å². The van der Waals surface area contributed by atoms with Gasteiger partial charge < -0.3 is 9.47 Å². The van der Waals surface area contributed by atoms with E-state index in [4.69, 9.17) is 4.74 Å². The summed E-state index contributed by atoms with van der Waals surface area (Å²) in [7, 11) is 0. The highest BCUT2D eigenvalue weighted by molar-refractivity contribution is 5.33. The van der Waals surface area contributed by atoms with Crippen molar-refractivity contribution in [3.63, 3.8) is 0 Å². The van der Waals surface area contributed by atoms with Crippen molar-refractivity contribution in [2.24, 2.45) is 23.7 Å². The van der Waals surface area contributed by atoms with E-state index in [-0.39, 0.29) is 11.3 Å².